The van der Waals surface area contributed by atoms with Gasteiger partial charge in [-0.2, -0.15) is 0 Å². The zero-order valence-corrected chi connectivity index (χ0v) is 14.5. The Balaban J connectivity index is 2.21. The second-order valence-electron chi connectivity index (χ2n) is 6.73. The molecule has 0 radical (unpaired) electrons. The predicted octanol–water partition coefficient (Wildman–Crippen LogP) is 2.14. The highest BCUT2D eigenvalue weighted by atomic mass is 32.2. The molecule has 21 heavy (non-hydrogen) atoms. The maximum Gasteiger partial charge on any atom is 0.236 e. The van der Waals surface area contributed by atoms with Gasteiger partial charge in [0.1, 0.15) is 5.37 Å². The molecular weight excluding hydrogens is 280 g/mol. The molecule has 0 spiro atoms. The molecule has 1 aromatic rings. The minimum absolute atomic E-state index is 0.0640. The van der Waals surface area contributed by atoms with Gasteiger partial charge in [-0.25, -0.2) is 0 Å². The number of thioether (sulfide) groups is 1. The van der Waals surface area contributed by atoms with E-state index >= 15 is 0 Å². The van der Waals surface area contributed by atoms with Crippen molar-refractivity contribution >= 4 is 17.7 Å². The first kappa shape index (κ1) is 16.4. The average molecular weight is 307 g/mol. The quantitative estimate of drug-likeness (QED) is 0.925. The Bertz CT molecular complexity index is 493. The second-order valence-corrected chi connectivity index (χ2v) is 8.16. The first-order valence-electron chi connectivity index (χ1n) is 7.69. The van der Waals surface area contributed by atoms with Crippen LogP contribution in [0.5, 0.6) is 0 Å². The third-order valence-electron chi connectivity index (χ3n) is 3.97. The highest BCUT2D eigenvalue weighted by Crippen LogP contribution is 2.42. The molecule has 2 N–H and O–H groups in total. The molecule has 1 aliphatic rings. The van der Waals surface area contributed by atoms with Crippen molar-refractivity contribution in [3.05, 3.63) is 35.4 Å². The Hall–Kier alpha value is -1.00. The summed E-state index contributed by atoms with van der Waals surface area (Å²) in [5.41, 5.74) is 2.74. The number of amides is 1. The minimum atomic E-state index is 0.0640. The van der Waals surface area contributed by atoms with Crippen LogP contribution in [0.4, 0.5) is 0 Å². The molecule has 0 saturated carbocycles. The van der Waals surface area contributed by atoms with Gasteiger partial charge in [-0.05, 0) is 23.5 Å². The maximum absolute atomic E-state index is 12.3. The van der Waals surface area contributed by atoms with Crippen molar-refractivity contribution < 1.29 is 10.1 Å². The number of nitrogens with two attached hydrogens (primary N) is 1. The molecule has 1 aromatic carbocycles. The van der Waals surface area contributed by atoms with Gasteiger partial charge >= 0.3 is 0 Å². The SMILES string of the molecule is C[NH2+]CCN1C(=O)[C@@H](C)S[C@@H]1c1ccc(C(C)(C)C)cc1. The van der Waals surface area contributed by atoms with Gasteiger partial charge in [-0.3, -0.25) is 4.79 Å². The zero-order valence-electron chi connectivity index (χ0n) is 13.7. The number of quaternary nitrogens is 1. The lowest BCUT2D eigenvalue weighted by Crippen LogP contribution is -2.81. The number of nitrogens with zero attached hydrogens (tertiary/aromatic N) is 1. The van der Waals surface area contributed by atoms with Gasteiger partial charge < -0.3 is 10.2 Å². The van der Waals surface area contributed by atoms with Crippen molar-refractivity contribution in [1.82, 2.24) is 4.90 Å². The van der Waals surface area contributed by atoms with Gasteiger partial charge in [-0.1, -0.05) is 45.0 Å². The van der Waals surface area contributed by atoms with Crippen LogP contribution in [-0.4, -0.2) is 36.2 Å². The Morgan fingerprint density at radius 1 is 1.24 bits per heavy atom. The molecule has 1 amide bonds. The van der Waals surface area contributed by atoms with Crippen LogP contribution in [0, 0.1) is 0 Å². The fraction of sp³-hybridized carbons (Fsp3) is 0.588. The van der Waals surface area contributed by atoms with Crippen LogP contribution >= 0.6 is 11.8 Å². The average Bonchev–Trinajstić information content (AvgIpc) is 2.72. The molecule has 2 rings (SSSR count). The summed E-state index contributed by atoms with van der Waals surface area (Å²) in [5, 5.41) is 2.36. The van der Waals surface area contributed by atoms with E-state index in [1.165, 1.54) is 11.1 Å². The Kier molecular flexibility index (Phi) is 4.99. The molecule has 0 unspecified atom stereocenters. The van der Waals surface area contributed by atoms with Gasteiger partial charge in [0.25, 0.3) is 0 Å². The van der Waals surface area contributed by atoms with Gasteiger partial charge in [0.15, 0.2) is 0 Å². The van der Waals surface area contributed by atoms with Crippen LogP contribution < -0.4 is 5.32 Å². The van der Waals surface area contributed by atoms with E-state index in [4.69, 9.17) is 0 Å². The van der Waals surface area contributed by atoms with Crippen LogP contribution in [0.2, 0.25) is 0 Å². The monoisotopic (exact) mass is 307 g/mol. The highest BCUT2D eigenvalue weighted by Gasteiger charge is 2.38. The topological polar surface area (TPSA) is 36.9 Å². The van der Waals surface area contributed by atoms with Crippen LogP contribution in [-0.2, 0) is 10.2 Å². The Morgan fingerprint density at radius 3 is 2.38 bits per heavy atom. The van der Waals surface area contributed by atoms with E-state index in [1.54, 1.807) is 11.8 Å². The molecule has 0 aromatic heterocycles. The normalized spacial score (nSPS) is 22.9. The maximum atomic E-state index is 12.3. The van der Waals surface area contributed by atoms with E-state index in [9.17, 15) is 4.79 Å². The number of likely N-dealkylation sites (N-methyl/N-ethyl adjacent to an activating group) is 1. The number of benzene rings is 1. The van der Waals surface area contributed by atoms with Crippen LogP contribution in [0.1, 0.15) is 44.2 Å². The number of hydrogen-bond acceptors (Lipinski definition) is 2. The third-order valence-corrected chi connectivity index (χ3v) is 5.36. The molecule has 1 saturated heterocycles. The van der Waals surface area contributed by atoms with E-state index < -0.39 is 0 Å². The molecule has 0 aliphatic carbocycles. The van der Waals surface area contributed by atoms with Crippen LogP contribution in [0.15, 0.2) is 24.3 Å². The van der Waals surface area contributed by atoms with Crippen LogP contribution in [0.25, 0.3) is 0 Å². The molecule has 0 bridgehead atoms. The van der Waals surface area contributed by atoms with E-state index in [2.05, 4.69) is 50.4 Å². The number of carbonyl (C=O) groups is 1. The summed E-state index contributed by atoms with van der Waals surface area (Å²) in [6.45, 7) is 10.5. The lowest BCUT2D eigenvalue weighted by molar-refractivity contribution is -0.626. The van der Waals surface area contributed by atoms with Crippen molar-refractivity contribution in [2.75, 3.05) is 20.1 Å². The smallest absolute Gasteiger partial charge is 0.236 e. The van der Waals surface area contributed by atoms with Crippen molar-refractivity contribution in [3.63, 3.8) is 0 Å². The molecule has 116 valence electrons. The summed E-state index contributed by atoms with van der Waals surface area (Å²) < 4.78 is 0. The van der Waals surface area contributed by atoms with Crippen LogP contribution in [0.3, 0.4) is 0 Å². The van der Waals surface area contributed by atoms with E-state index in [0.717, 1.165) is 13.1 Å². The molecule has 1 fully saturated rings. The van der Waals surface area contributed by atoms with Gasteiger partial charge in [-0.15, -0.1) is 11.8 Å². The van der Waals surface area contributed by atoms with Crippen molar-refractivity contribution in [1.29, 1.82) is 0 Å². The molecule has 3 nitrogen and oxygen atoms in total. The highest BCUT2D eigenvalue weighted by molar-refractivity contribution is 8.01. The zero-order chi connectivity index (χ0) is 15.6. The molecule has 1 aliphatic heterocycles. The third kappa shape index (κ3) is 3.61. The number of hydrogen-bond donors (Lipinski definition) is 1. The fourth-order valence-electron chi connectivity index (χ4n) is 2.58. The minimum Gasteiger partial charge on any atom is -0.347 e. The predicted molar refractivity (Wildman–Crippen MR) is 89.4 cm³/mol. The van der Waals surface area contributed by atoms with Gasteiger partial charge in [0.2, 0.25) is 5.91 Å². The first-order valence-corrected chi connectivity index (χ1v) is 8.63. The second kappa shape index (κ2) is 6.41. The lowest BCUT2D eigenvalue weighted by atomic mass is 9.86. The molecule has 2 atom stereocenters. The van der Waals surface area contributed by atoms with Crippen molar-refractivity contribution in [3.8, 4) is 0 Å². The standard InChI is InChI=1S/C17H26N2OS/c1-12-15(20)19(11-10-18-5)16(21-12)13-6-8-14(9-7-13)17(2,3)4/h6-9,12,16,18H,10-11H2,1-5H3/p+1/t12-,16-/m1/s1. The molecule has 1 heterocycles. The van der Waals surface area contributed by atoms with Crippen molar-refractivity contribution in [2.45, 2.75) is 43.7 Å². The largest absolute Gasteiger partial charge is 0.347 e. The fourth-order valence-corrected chi connectivity index (χ4v) is 3.89. The van der Waals surface area contributed by atoms with Gasteiger partial charge in [0.05, 0.1) is 25.4 Å². The van der Waals surface area contributed by atoms with E-state index in [0.29, 0.717) is 0 Å². The summed E-state index contributed by atoms with van der Waals surface area (Å²) in [7, 11) is 2.05. The number of carbonyl (C=O) groups excluding carboxylic acids is 1. The Morgan fingerprint density at radius 2 is 1.86 bits per heavy atom. The first-order chi connectivity index (χ1) is 9.84. The van der Waals surface area contributed by atoms with Gasteiger partial charge in [0, 0.05) is 0 Å². The molecular formula is C17H27N2OS+. The number of rotatable bonds is 4. The molecule has 4 heteroatoms. The van der Waals surface area contributed by atoms with E-state index in [1.807, 2.05) is 18.9 Å². The summed E-state index contributed by atoms with van der Waals surface area (Å²) in [6, 6.07) is 8.78. The lowest BCUT2D eigenvalue weighted by Gasteiger charge is -2.24. The summed E-state index contributed by atoms with van der Waals surface area (Å²) in [6.07, 6.45) is 0. The van der Waals surface area contributed by atoms with Crippen molar-refractivity contribution in [2.24, 2.45) is 0 Å². The van der Waals surface area contributed by atoms with E-state index in [-0.39, 0.29) is 21.9 Å². The summed E-state index contributed by atoms with van der Waals surface area (Å²) >= 11 is 1.76. The summed E-state index contributed by atoms with van der Waals surface area (Å²) in [5.74, 6) is 0.270. The summed E-state index contributed by atoms with van der Waals surface area (Å²) in [4.78, 5) is 14.3. The Labute approximate surface area is 132 Å².